The van der Waals surface area contributed by atoms with Crippen LogP contribution in [0.4, 0.5) is 0 Å². The van der Waals surface area contributed by atoms with Crippen LogP contribution in [-0.4, -0.2) is 32.1 Å². The standard InChI is InChI=1S/C12H19N3O/c1-15(2)8-11(14-13)10-5-3-4-9-6-7-16-12(9)10/h3-5,11,14H,6-8,13H2,1-2H3. The zero-order valence-electron chi connectivity index (χ0n) is 9.86. The van der Waals surface area contributed by atoms with Gasteiger partial charge in [0.25, 0.3) is 0 Å². The van der Waals surface area contributed by atoms with Gasteiger partial charge < -0.3 is 9.64 Å². The number of rotatable bonds is 4. The molecule has 0 saturated heterocycles. The van der Waals surface area contributed by atoms with E-state index in [0.717, 1.165) is 30.9 Å². The molecule has 0 bridgehead atoms. The number of benzene rings is 1. The number of nitrogens with zero attached hydrogens (tertiary/aromatic N) is 1. The fourth-order valence-corrected chi connectivity index (χ4v) is 2.12. The topological polar surface area (TPSA) is 50.5 Å². The van der Waals surface area contributed by atoms with E-state index in [1.807, 2.05) is 14.1 Å². The summed E-state index contributed by atoms with van der Waals surface area (Å²) in [5, 5.41) is 0. The maximum atomic E-state index is 5.68. The van der Waals surface area contributed by atoms with E-state index in [0.29, 0.717) is 0 Å². The Morgan fingerprint density at radius 1 is 1.50 bits per heavy atom. The van der Waals surface area contributed by atoms with Gasteiger partial charge in [-0.2, -0.15) is 0 Å². The van der Waals surface area contributed by atoms with Crippen molar-refractivity contribution in [3.63, 3.8) is 0 Å². The number of hydrogen-bond acceptors (Lipinski definition) is 4. The molecule has 1 aliphatic heterocycles. The minimum Gasteiger partial charge on any atom is -0.493 e. The third-order valence-corrected chi connectivity index (χ3v) is 2.87. The molecule has 16 heavy (non-hydrogen) atoms. The summed E-state index contributed by atoms with van der Waals surface area (Å²) in [7, 11) is 4.07. The number of nitrogens with two attached hydrogens (primary N) is 1. The monoisotopic (exact) mass is 221 g/mol. The van der Waals surface area contributed by atoms with Crippen molar-refractivity contribution in [1.29, 1.82) is 0 Å². The van der Waals surface area contributed by atoms with E-state index in [-0.39, 0.29) is 6.04 Å². The van der Waals surface area contributed by atoms with Gasteiger partial charge in [0.05, 0.1) is 12.6 Å². The molecule has 0 amide bonds. The molecule has 1 aromatic rings. The number of para-hydroxylation sites is 1. The molecule has 0 radical (unpaired) electrons. The fraction of sp³-hybridized carbons (Fsp3) is 0.500. The lowest BCUT2D eigenvalue weighted by Crippen LogP contribution is -2.35. The molecule has 0 aromatic heterocycles. The van der Waals surface area contributed by atoms with Crippen LogP contribution in [0.3, 0.4) is 0 Å². The van der Waals surface area contributed by atoms with Crippen LogP contribution in [-0.2, 0) is 6.42 Å². The molecule has 4 nitrogen and oxygen atoms in total. The Balaban J connectivity index is 2.28. The van der Waals surface area contributed by atoms with Crippen molar-refractivity contribution in [2.45, 2.75) is 12.5 Å². The molecule has 1 unspecified atom stereocenters. The highest BCUT2D eigenvalue weighted by Gasteiger charge is 2.21. The first-order valence-electron chi connectivity index (χ1n) is 5.58. The number of nitrogens with one attached hydrogen (secondary N) is 1. The van der Waals surface area contributed by atoms with E-state index in [9.17, 15) is 0 Å². The van der Waals surface area contributed by atoms with E-state index < -0.39 is 0 Å². The first-order chi connectivity index (χ1) is 7.72. The quantitative estimate of drug-likeness (QED) is 0.580. The lowest BCUT2D eigenvalue weighted by Gasteiger charge is -2.22. The van der Waals surface area contributed by atoms with Crippen molar-refractivity contribution in [3.05, 3.63) is 29.3 Å². The van der Waals surface area contributed by atoms with Crippen LogP contribution in [0, 0.1) is 0 Å². The highest BCUT2D eigenvalue weighted by Crippen LogP contribution is 2.33. The predicted octanol–water partition coefficient (Wildman–Crippen LogP) is 0.687. The number of fused-ring (bicyclic) bond motifs is 1. The van der Waals surface area contributed by atoms with Crippen LogP contribution in [0.15, 0.2) is 18.2 Å². The summed E-state index contributed by atoms with van der Waals surface area (Å²) in [5.74, 6) is 6.64. The van der Waals surface area contributed by atoms with Crippen molar-refractivity contribution in [2.75, 3.05) is 27.2 Å². The van der Waals surface area contributed by atoms with E-state index >= 15 is 0 Å². The number of ether oxygens (including phenoxy) is 1. The highest BCUT2D eigenvalue weighted by molar-refractivity contribution is 5.45. The van der Waals surface area contributed by atoms with E-state index in [1.54, 1.807) is 0 Å². The molecule has 1 atom stereocenters. The summed E-state index contributed by atoms with van der Waals surface area (Å²) >= 11 is 0. The van der Waals surface area contributed by atoms with E-state index in [1.165, 1.54) is 5.56 Å². The second kappa shape index (κ2) is 4.82. The maximum Gasteiger partial charge on any atom is 0.127 e. The molecule has 0 aliphatic carbocycles. The van der Waals surface area contributed by atoms with Crippen LogP contribution in [0.2, 0.25) is 0 Å². The molecule has 4 heteroatoms. The Hall–Kier alpha value is -1.10. The Morgan fingerprint density at radius 3 is 3.00 bits per heavy atom. The zero-order valence-corrected chi connectivity index (χ0v) is 9.86. The van der Waals surface area contributed by atoms with Gasteiger partial charge in [-0.25, -0.2) is 0 Å². The summed E-state index contributed by atoms with van der Waals surface area (Å²) in [5.41, 5.74) is 5.30. The third-order valence-electron chi connectivity index (χ3n) is 2.87. The third kappa shape index (κ3) is 2.19. The smallest absolute Gasteiger partial charge is 0.127 e. The van der Waals surface area contributed by atoms with Crippen molar-refractivity contribution in [3.8, 4) is 5.75 Å². The predicted molar refractivity (Wildman–Crippen MR) is 64.3 cm³/mol. The zero-order chi connectivity index (χ0) is 11.5. The maximum absolute atomic E-state index is 5.68. The largest absolute Gasteiger partial charge is 0.493 e. The molecule has 2 rings (SSSR count). The second-order valence-electron chi connectivity index (χ2n) is 4.42. The van der Waals surface area contributed by atoms with Crippen molar-refractivity contribution < 1.29 is 4.74 Å². The molecule has 88 valence electrons. The molecular formula is C12H19N3O. The van der Waals surface area contributed by atoms with Gasteiger partial charge in [-0.15, -0.1) is 0 Å². The Labute approximate surface area is 96.3 Å². The van der Waals surface area contributed by atoms with E-state index in [4.69, 9.17) is 10.6 Å². The van der Waals surface area contributed by atoms with Gasteiger partial charge in [0.15, 0.2) is 0 Å². The Bertz CT molecular complexity index is 365. The van der Waals surface area contributed by atoms with Gasteiger partial charge in [0.1, 0.15) is 5.75 Å². The average molecular weight is 221 g/mol. The highest BCUT2D eigenvalue weighted by atomic mass is 16.5. The summed E-state index contributed by atoms with van der Waals surface area (Å²) in [4.78, 5) is 2.11. The SMILES string of the molecule is CN(C)CC(NN)c1cccc2c1OCC2. The van der Waals surface area contributed by atoms with Gasteiger partial charge in [0, 0.05) is 18.5 Å². The van der Waals surface area contributed by atoms with Crippen molar-refractivity contribution >= 4 is 0 Å². The Kier molecular flexibility index (Phi) is 3.43. The average Bonchev–Trinajstić information content (AvgIpc) is 2.73. The molecule has 0 spiro atoms. The first kappa shape index (κ1) is 11.4. The van der Waals surface area contributed by atoms with Crippen molar-refractivity contribution in [1.82, 2.24) is 10.3 Å². The van der Waals surface area contributed by atoms with Gasteiger partial charge in [-0.1, -0.05) is 18.2 Å². The molecule has 1 aromatic carbocycles. The minimum absolute atomic E-state index is 0.114. The number of hydrogen-bond donors (Lipinski definition) is 2. The van der Waals surface area contributed by atoms with Gasteiger partial charge in [0.2, 0.25) is 0 Å². The fourth-order valence-electron chi connectivity index (χ4n) is 2.12. The van der Waals surface area contributed by atoms with E-state index in [2.05, 4.69) is 28.5 Å². The summed E-state index contributed by atoms with van der Waals surface area (Å²) < 4.78 is 5.68. The lowest BCUT2D eigenvalue weighted by molar-refractivity contribution is 0.322. The number of likely N-dealkylation sites (N-methyl/N-ethyl adjacent to an activating group) is 1. The molecular weight excluding hydrogens is 202 g/mol. The molecule has 0 fully saturated rings. The summed E-state index contributed by atoms with van der Waals surface area (Å²) in [6.45, 7) is 1.64. The van der Waals surface area contributed by atoms with Crippen LogP contribution >= 0.6 is 0 Å². The first-order valence-corrected chi connectivity index (χ1v) is 5.58. The molecule has 1 aliphatic rings. The number of hydrazine groups is 1. The van der Waals surface area contributed by atoms with Gasteiger partial charge in [-0.3, -0.25) is 11.3 Å². The normalized spacial score (nSPS) is 16.0. The lowest BCUT2D eigenvalue weighted by atomic mass is 10.0. The van der Waals surface area contributed by atoms with Crippen molar-refractivity contribution in [2.24, 2.45) is 5.84 Å². The van der Waals surface area contributed by atoms with Crippen LogP contribution in [0.1, 0.15) is 17.2 Å². The Morgan fingerprint density at radius 2 is 2.31 bits per heavy atom. The molecule has 0 saturated carbocycles. The van der Waals surface area contributed by atoms with Gasteiger partial charge in [-0.05, 0) is 19.7 Å². The molecule has 3 N–H and O–H groups in total. The molecule has 1 heterocycles. The van der Waals surface area contributed by atoms with Crippen LogP contribution in [0.25, 0.3) is 0 Å². The second-order valence-corrected chi connectivity index (χ2v) is 4.42. The van der Waals surface area contributed by atoms with Crippen LogP contribution < -0.4 is 16.0 Å². The van der Waals surface area contributed by atoms with Gasteiger partial charge >= 0.3 is 0 Å². The summed E-state index contributed by atoms with van der Waals surface area (Å²) in [6, 6.07) is 6.39. The summed E-state index contributed by atoms with van der Waals surface area (Å²) in [6.07, 6.45) is 1.00. The minimum atomic E-state index is 0.114. The van der Waals surface area contributed by atoms with Crippen LogP contribution in [0.5, 0.6) is 5.75 Å².